The van der Waals surface area contributed by atoms with E-state index < -0.39 is 5.41 Å². The predicted molar refractivity (Wildman–Crippen MR) is 253 cm³/mol. The third kappa shape index (κ3) is 5.46. The minimum absolute atomic E-state index is 0.418. The van der Waals surface area contributed by atoms with Gasteiger partial charge >= 0.3 is 0 Å². The van der Waals surface area contributed by atoms with Gasteiger partial charge in [-0.2, -0.15) is 0 Å². The van der Waals surface area contributed by atoms with Crippen LogP contribution in [0.1, 0.15) is 44.5 Å². The number of rotatable bonds is 6. The van der Waals surface area contributed by atoms with Crippen LogP contribution in [0.25, 0.3) is 55.6 Å². The lowest BCUT2D eigenvalue weighted by atomic mass is 9.70. The fourth-order valence-electron chi connectivity index (χ4n) is 10.3. The van der Waals surface area contributed by atoms with E-state index in [-0.39, 0.29) is 0 Å². The number of benzene rings is 9. The van der Waals surface area contributed by atoms with E-state index in [1.54, 1.807) is 0 Å². The average molecular weight is 768 g/mol. The van der Waals surface area contributed by atoms with Crippen molar-refractivity contribution in [2.24, 2.45) is 0 Å². The number of hydrogen-bond donors (Lipinski definition) is 0. The molecule has 2 aliphatic rings. The Labute approximate surface area is 353 Å². The summed E-state index contributed by atoms with van der Waals surface area (Å²) in [5.41, 5.74) is 26.2. The van der Waals surface area contributed by atoms with Crippen molar-refractivity contribution in [1.29, 1.82) is 0 Å². The Morgan fingerprint density at radius 3 is 1.32 bits per heavy atom. The van der Waals surface area contributed by atoms with E-state index in [9.17, 15) is 0 Å². The molecule has 0 amide bonds. The van der Waals surface area contributed by atoms with Crippen molar-refractivity contribution in [3.63, 3.8) is 0 Å². The van der Waals surface area contributed by atoms with Crippen LogP contribution >= 0.6 is 0 Å². The average Bonchev–Trinajstić information content (AvgIpc) is 3.76. The van der Waals surface area contributed by atoms with Gasteiger partial charge in [0.05, 0.1) is 5.41 Å². The van der Waals surface area contributed by atoms with Gasteiger partial charge in [-0.3, -0.25) is 0 Å². The minimum Gasteiger partial charge on any atom is -0.310 e. The second kappa shape index (κ2) is 14.0. The first-order valence-electron chi connectivity index (χ1n) is 21.1. The van der Waals surface area contributed by atoms with Crippen LogP contribution in [0.15, 0.2) is 200 Å². The fourth-order valence-corrected chi connectivity index (χ4v) is 10.3. The smallest absolute Gasteiger partial charge is 0.0726 e. The monoisotopic (exact) mass is 767 g/mol. The molecule has 0 heterocycles. The summed E-state index contributed by atoms with van der Waals surface area (Å²) in [5, 5.41) is 0. The lowest BCUT2D eigenvalue weighted by molar-refractivity contribution is 0.793. The van der Waals surface area contributed by atoms with Gasteiger partial charge in [0.15, 0.2) is 0 Å². The lowest BCUT2D eigenvalue weighted by Gasteiger charge is -2.32. The number of hydrogen-bond acceptors (Lipinski definition) is 1. The largest absolute Gasteiger partial charge is 0.310 e. The fraction of sp³-hybridized carbons (Fsp3) is 0.0847. The summed E-state index contributed by atoms with van der Waals surface area (Å²) in [5.74, 6) is 0. The van der Waals surface area contributed by atoms with Gasteiger partial charge in [-0.05, 0) is 170 Å². The highest BCUT2D eigenvalue weighted by Gasteiger charge is 2.51. The second-order valence-corrected chi connectivity index (χ2v) is 16.7. The van der Waals surface area contributed by atoms with Gasteiger partial charge in [0, 0.05) is 17.1 Å². The Hall–Kier alpha value is -7.22. The topological polar surface area (TPSA) is 3.24 Å². The van der Waals surface area contributed by atoms with Crippen molar-refractivity contribution < 1.29 is 0 Å². The first-order valence-corrected chi connectivity index (χ1v) is 21.1. The van der Waals surface area contributed by atoms with Crippen LogP contribution in [0.5, 0.6) is 0 Å². The van der Waals surface area contributed by atoms with Crippen molar-refractivity contribution in [3.8, 4) is 55.6 Å². The van der Waals surface area contributed by atoms with Crippen molar-refractivity contribution in [3.05, 3.63) is 245 Å². The zero-order valence-corrected chi connectivity index (χ0v) is 34.5. The molecule has 0 bridgehead atoms. The van der Waals surface area contributed by atoms with Crippen LogP contribution in [0, 0.1) is 27.7 Å². The Bertz CT molecular complexity index is 3050. The van der Waals surface area contributed by atoms with E-state index in [4.69, 9.17) is 0 Å². The number of anilines is 3. The van der Waals surface area contributed by atoms with Gasteiger partial charge < -0.3 is 4.90 Å². The highest BCUT2D eigenvalue weighted by molar-refractivity contribution is 5.96. The summed E-state index contributed by atoms with van der Waals surface area (Å²) in [6.07, 6.45) is 0. The third-order valence-electron chi connectivity index (χ3n) is 13.3. The zero-order valence-electron chi connectivity index (χ0n) is 34.5. The standard InChI is InChI=1S/C59H45N/c1-38-22-23-45(53-35-40(3)39(2)34-41(53)4)36-54(38)44-26-30-47(31-27-44)60(46-28-24-43(25-29-46)42-14-6-5-7-15-42)48-32-33-52-51-18-10-13-21-57(51)59(58(52)37-48)55-19-11-8-16-49(55)50-17-9-12-20-56(50)59/h5-37H,1-4H3. The third-order valence-corrected chi connectivity index (χ3v) is 13.3. The van der Waals surface area contributed by atoms with E-state index in [0.717, 1.165) is 17.1 Å². The molecule has 9 aromatic carbocycles. The maximum absolute atomic E-state index is 2.48. The van der Waals surface area contributed by atoms with Crippen LogP contribution in [0.4, 0.5) is 17.1 Å². The second-order valence-electron chi connectivity index (χ2n) is 16.7. The van der Waals surface area contributed by atoms with E-state index in [1.807, 2.05) is 0 Å². The lowest BCUT2D eigenvalue weighted by Crippen LogP contribution is -2.26. The molecule has 0 atom stereocenters. The molecule has 1 heteroatoms. The maximum Gasteiger partial charge on any atom is 0.0726 e. The Kier molecular flexibility index (Phi) is 8.36. The molecule has 0 aromatic heterocycles. The van der Waals surface area contributed by atoms with Crippen LogP contribution < -0.4 is 4.90 Å². The molecular weight excluding hydrogens is 723 g/mol. The van der Waals surface area contributed by atoms with E-state index in [2.05, 4.69) is 233 Å². The quantitative estimate of drug-likeness (QED) is 0.163. The van der Waals surface area contributed by atoms with Crippen molar-refractivity contribution in [2.75, 3.05) is 4.90 Å². The molecule has 2 aliphatic carbocycles. The van der Waals surface area contributed by atoms with Gasteiger partial charge in [0.2, 0.25) is 0 Å². The molecule has 0 unspecified atom stereocenters. The molecular formula is C59H45N. The van der Waals surface area contributed by atoms with Crippen LogP contribution in [0.2, 0.25) is 0 Å². The molecule has 0 N–H and O–H groups in total. The van der Waals surface area contributed by atoms with Gasteiger partial charge in [-0.25, -0.2) is 0 Å². The van der Waals surface area contributed by atoms with E-state index in [1.165, 1.54) is 100 Å². The Morgan fingerprint density at radius 2 is 0.717 bits per heavy atom. The molecule has 0 radical (unpaired) electrons. The molecule has 0 fully saturated rings. The van der Waals surface area contributed by atoms with Crippen LogP contribution in [0.3, 0.4) is 0 Å². The van der Waals surface area contributed by atoms with Gasteiger partial charge in [0.25, 0.3) is 0 Å². The molecule has 9 aromatic rings. The highest BCUT2D eigenvalue weighted by Crippen LogP contribution is 2.63. The molecule has 1 spiro atoms. The Balaban J connectivity index is 1.07. The normalized spacial score (nSPS) is 12.8. The van der Waals surface area contributed by atoms with E-state index in [0.29, 0.717) is 0 Å². The van der Waals surface area contributed by atoms with Crippen molar-refractivity contribution >= 4 is 17.1 Å². The molecule has 0 saturated carbocycles. The molecule has 286 valence electrons. The zero-order chi connectivity index (χ0) is 40.5. The molecule has 60 heavy (non-hydrogen) atoms. The predicted octanol–water partition coefficient (Wildman–Crippen LogP) is 15.7. The number of nitrogens with zero attached hydrogens (tertiary/aromatic N) is 1. The van der Waals surface area contributed by atoms with Crippen LogP contribution in [-0.4, -0.2) is 0 Å². The molecule has 1 nitrogen and oxygen atoms in total. The van der Waals surface area contributed by atoms with Crippen molar-refractivity contribution in [1.82, 2.24) is 0 Å². The summed E-state index contributed by atoms with van der Waals surface area (Å²) in [6.45, 7) is 8.85. The van der Waals surface area contributed by atoms with Crippen molar-refractivity contribution in [2.45, 2.75) is 33.1 Å². The highest BCUT2D eigenvalue weighted by atomic mass is 15.1. The first-order chi connectivity index (χ1) is 29.4. The SMILES string of the molecule is Cc1cc(C)c(-c2ccc(C)c(-c3ccc(N(c4ccc(-c5ccccc5)cc4)c4ccc5c(c4)C4(c6ccccc6-c6ccccc64)c4ccccc4-5)cc3)c2)cc1C. The summed E-state index contributed by atoms with van der Waals surface area (Å²) in [4.78, 5) is 2.43. The van der Waals surface area contributed by atoms with Gasteiger partial charge in [0.1, 0.15) is 0 Å². The number of fused-ring (bicyclic) bond motifs is 10. The maximum atomic E-state index is 2.48. The molecule has 0 aliphatic heterocycles. The minimum atomic E-state index is -0.418. The molecule has 0 saturated heterocycles. The van der Waals surface area contributed by atoms with Crippen LogP contribution in [-0.2, 0) is 5.41 Å². The van der Waals surface area contributed by atoms with Gasteiger partial charge in [-0.1, -0.05) is 158 Å². The first kappa shape index (κ1) is 35.9. The summed E-state index contributed by atoms with van der Waals surface area (Å²) in [7, 11) is 0. The summed E-state index contributed by atoms with van der Waals surface area (Å²) in [6, 6.07) is 74.8. The van der Waals surface area contributed by atoms with E-state index >= 15 is 0 Å². The summed E-state index contributed by atoms with van der Waals surface area (Å²) >= 11 is 0. The Morgan fingerprint density at radius 1 is 0.267 bits per heavy atom. The molecule has 11 rings (SSSR count). The van der Waals surface area contributed by atoms with Gasteiger partial charge in [-0.15, -0.1) is 0 Å². The number of aryl methyl sites for hydroxylation is 4. The summed E-state index contributed by atoms with van der Waals surface area (Å²) < 4.78 is 0.